The molecule has 0 radical (unpaired) electrons. The van der Waals surface area contributed by atoms with E-state index in [4.69, 9.17) is 4.74 Å². The number of hydrogen-bond donors (Lipinski definition) is 3. The fraction of sp³-hybridized carbons (Fsp3) is 0.769. The molecule has 1 fully saturated rings. The molecular weight excluding hydrogens is 470 g/mol. The first-order valence-corrected chi connectivity index (χ1v) is 14.5. The Kier molecular flexibility index (Phi) is 13.2. The number of carbonyl (C=O) groups excluding carboxylic acids is 2. The fourth-order valence-corrected chi connectivity index (χ4v) is 4.61. The summed E-state index contributed by atoms with van der Waals surface area (Å²) in [4.78, 5) is 24.1. The number of unbranched alkanes of at least 4 members (excludes halogenated alkanes) is 3. The molecule has 1 rings (SSSR count). The van der Waals surface area contributed by atoms with Gasteiger partial charge in [-0.2, -0.15) is 0 Å². The molecule has 0 aromatic carbocycles. The minimum atomic E-state index is -3.54. The molecule has 5 atom stereocenters. The Morgan fingerprint density at radius 1 is 1.17 bits per heavy atom. The number of amides is 1. The molecule has 1 saturated carbocycles. The van der Waals surface area contributed by atoms with Crippen LogP contribution >= 0.6 is 0 Å². The van der Waals surface area contributed by atoms with Crippen LogP contribution in [0.1, 0.15) is 85.5 Å². The fourth-order valence-electron chi connectivity index (χ4n) is 4.09. The van der Waals surface area contributed by atoms with E-state index >= 15 is 0 Å². The average molecular weight is 516 g/mol. The molecule has 8 nitrogen and oxygen atoms in total. The molecule has 3 N–H and O–H groups in total. The predicted octanol–water partition coefficient (Wildman–Crippen LogP) is 3.63. The van der Waals surface area contributed by atoms with Gasteiger partial charge in [0.2, 0.25) is 15.9 Å². The van der Waals surface area contributed by atoms with Crippen molar-refractivity contribution in [2.24, 2.45) is 17.3 Å². The molecule has 35 heavy (non-hydrogen) atoms. The van der Waals surface area contributed by atoms with Crippen LogP contribution in [0.2, 0.25) is 0 Å². The van der Waals surface area contributed by atoms with Gasteiger partial charge in [0.1, 0.15) is 6.10 Å². The van der Waals surface area contributed by atoms with Crippen molar-refractivity contribution in [1.82, 2.24) is 4.72 Å². The summed E-state index contributed by atoms with van der Waals surface area (Å²) in [5, 5.41) is 21.1. The molecule has 9 heteroatoms. The summed E-state index contributed by atoms with van der Waals surface area (Å²) in [5.74, 6) is -1.24. The van der Waals surface area contributed by atoms with Crippen molar-refractivity contribution in [1.29, 1.82) is 0 Å². The quantitative estimate of drug-likeness (QED) is 0.183. The standard InChI is InChI=1S/C26H45NO7S/c1-6-7-10-13-19(28)16-17-21-20(22(29)18-23(21)34-25(31)26(2,3)4)14-11-8-9-12-15-24(30)27-35(5,32)33/h8,11,16-17,19-23,28-29H,6-7,9-10,12-15,18H2,1-5H3,(H,27,30)/b11-8-,17-16+/t19-,20+,21+,22?,23+/m0/s1. The Bertz CT molecular complexity index is 829. The van der Waals surface area contributed by atoms with Crippen LogP contribution in [0.25, 0.3) is 0 Å². The van der Waals surface area contributed by atoms with Gasteiger partial charge in [-0.1, -0.05) is 50.5 Å². The zero-order valence-corrected chi connectivity index (χ0v) is 22.7. The Labute approximate surface area is 211 Å². The highest BCUT2D eigenvalue weighted by Crippen LogP contribution is 2.39. The van der Waals surface area contributed by atoms with E-state index in [1.807, 2.05) is 23.0 Å². The molecule has 0 heterocycles. The summed E-state index contributed by atoms with van der Waals surface area (Å²) in [6.07, 6.45) is 12.6. The highest BCUT2D eigenvalue weighted by atomic mass is 32.2. The van der Waals surface area contributed by atoms with Crippen molar-refractivity contribution in [3.8, 4) is 0 Å². The SMILES string of the molecule is CCCCC[C@H](O)/C=C/[C@H]1[C@H](OC(=O)C(C)(C)C)CC(O)[C@@H]1C/C=C\CCCC(=O)NS(C)(=O)=O. The van der Waals surface area contributed by atoms with Crippen molar-refractivity contribution in [3.63, 3.8) is 0 Å². The topological polar surface area (TPSA) is 130 Å². The largest absolute Gasteiger partial charge is 0.461 e. The lowest BCUT2D eigenvalue weighted by atomic mass is 9.89. The highest BCUT2D eigenvalue weighted by molar-refractivity contribution is 7.89. The van der Waals surface area contributed by atoms with Crippen molar-refractivity contribution in [3.05, 3.63) is 24.3 Å². The highest BCUT2D eigenvalue weighted by Gasteiger charge is 2.43. The predicted molar refractivity (Wildman–Crippen MR) is 137 cm³/mol. The van der Waals surface area contributed by atoms with Crippen molar-refractivity contribution in [2.75, 3.05) is 6.26 Å². The number of allylic oxidation sites excluding steroid dienone is 2. The van der Waals surface area contributed by atoms with Crippen molar-refractivity contribution < 1.29 is 33.0 Å². The van der Waals surface area contributed by atoms with Gasteiger partial charge in [-0.15, -0.1) is 0 Å². The lowest BCUT2D eigenvalue weighted by molar-refractivity contribution is -0.160. The molecular formula is C26H45NO7S. The number of aliphatic hydroxyl groups excluding tert-OH is 2. The van der Waals surface area contributed by atoms with Crippen LogP contribution in [0, 0.1) is 17.3 Å². The maximum absolute atomic E-state index is 12.5. The molecule has 0 bridgehead atoms. The van der Waals surface area contributed by atoms with Crippen LogP contribution in [-0.2, 0) is 24.3 Å². The number of carbonyl (C=O) groups is 2. The second-order valence-corrected chi connectivity index (χ2v) is 12.3. The maximum atomic E-state index is 12.5. The minimum absolute atomic E-state index is 0.107. The third kappa shape index (κ3) is 12.7. The lowest BCUT2D eigenvalue weighted by Gasteiger charge is -2.25. The zero-order valence-electron chi connectivity index (χ0n) is 21.9. The first kappa shape index (κ1) is 31.3. The van der Waals surface area contributed by atoms with E-state index < -0.39 is 39.7 Å². The summed E-state index contributed by atoms with van der Waals surface area (Å²) in [7, 11) is -3.54. The number of nitrogens with one attached hydrogen (secondary N) is 1. The van der Waals surface area contributed by atoms with Gasteiger partial charge < -0.3 is 14.9 Å². The Hall–Kier alpha value is -1.71. The second kappa shape index (κ2) is 14.8. The molecule has 0 aromatic rings. The maximum Gasteiger partial charge on any atom is 0.311 e. The number of sulfonamides is 1. The molecule has 1 aliphatic carbocycles. The molecule has 0 aliphatic heterocycles. The van der Waals surface area contributed by atoms with Gasteiger partial charge in [0, 0.05) is 18.8 Å². The minimum Gasteiger partial charge on any atom is -0.461 e. The van der Waals surface area contributed by atoms with Gasteiger partial charge in [0.25, 0.3) is 0 Å². The van der Waals surface area contributed by atoms with E-state index in [1.54, 1.807) is 26.8 Å². The third-order valence-electron chi connectivity index (χ3n) is 6.07. The Morgan fingerprint density at radius 3 is 2.46 bits per heavy atom. The van der Waals surface area contributed by atoms with Gasteiger partial charge in [0.05, 0.1) is 23.9 Å². The third-order valence-corrected chi connectivity index (χ3v) is 6.67. The van der Waals surface area contributed by atoms with E-state index in [0.717, 1.165) is 25.5 Å². The molecule has 0 spiro atoms. The van der Waals surface area contributed by atoms with E-state index in [2.05, 4.69) is 6.92 Å². The van der Waals surface area contributed by atoms with E-state index in [9.17, 15) is 28.2 Å². The van der Waals surface area contributed by atoms with Gasteiger partial charge in [-0.25, -0.2) is 8.42 Å². The van der Waals surface area contributed by atoms with Crippen molar-refractivity contribution >= 4 is 21.9 Å². The molecule has 1 amide bonds. The van der Waals surface area contributed by atoms with Crippen LogP contribution in [0.5, 0.6) is 0 Å². The van der Waals surface area contributed by atoms with E-state index in [-0.39, 0.29) is 24.2 Å². The lowest BCUT2D eigenvalue weighted by Crippen LogP contribution is -2.31. The molecule has 202 valence electrons. The summed E-state index contributed by atoms with van der Waals surface area (Å²) in [6, 6.07) is 0. The van der Waals surface area contributed by atoms with Crippen LogP contribution in [0.4, 0.5) is 0 Å². The van der Waals surface area contributed by atoms with Gasteiger partial charge in [-0.05, 0) is 52.4 Å². The summed E-state index contributed by atoms with van der Waals surface area (Å²) in [5.41, 5.74) is -0.653. The van der Waals surface area contributed by atoms with E-state index in [0.29, 0.717) is 32.1 Å². The van der Waals surface area contributed by atoms with Gasteiger partial charge in [0.15, 0.2) is 0 Å². The van der Waals surface area contributed by atoms with Crippen LogP contribution in [0.15, 0.2) is 24.3 Å². The molecule has 1 aliphatic rings. The Morgan fingerprint density at radius 2 is 1.86 bits per heavy atom. The zero-order chi connectivity index (χ0) is 26.6. The smallest absolute Gasteiger partial charge is 0.311 e. The first-order chi connectivity index (χ1) is 16.2. The van der Waals surface area contributed by atoms with Gasteiger partial charge in [-0.3, -0.25) is 14.3 Å². The Balaban J connectivity index is 2.76. The van der Waals surface area contributed by atoms with Gasteiger partial charge >= 0.3 is 5.97 Å². The normalized spacial score (nSPS) is 24.2. The first-order valence-electron chi connectivity index (χ1n) is 12.7. The van der Waals surface area contributed by atoms with Crippen LogP contribution in [-0.4, -0.2) is 55.1 Å². The monoisotopic (exact) mass is 515 g/mol. The number of esters is 1. The van der Waals surface area contributed by atoms with Crippen LogP contribution < -0.4 is 4.72 Å². The summed E-state index contributed by atoms with van der Waals surface area (Å²) >= 11 is 0. The molecule has 0 aromatic heterocycles. The number of aliphatic hydroxyl groups is 2. The molecule has 0 saturated heterocycles. The second-order valence-electron chi connectivity index (χ2n) is 10.6. The summed E-state index contributed by atoms with van der Waals surface area (Å²) < 4.78 is 29.9. The molecule has 1 unspecified atom stereocenters. The number of hydrogen-bond acceptors (Lipinski definition) is 7. The average Bonchev–Trinajstić information content (AvgIpc) is 3.01. The van der Waals surface area contributed by atoms with E-state index in [1.165, 1.54) is 0 Å². The number of ether oxygens (including phenoxy) is 1. The van der Waals surface area contributed by atoms with Crippen molar-refractivity contribution in [2.45, 2.75) is 104 Å². The number of rotatable bonds is 14. The van der Waals surface area contributed by atoms with Crippen LogP contribution in [0.3, 0.4) is 0 Å². The summed E-state index contributed by atoms with van der Waals surface area (Å²) in [6.45, 7) is 7.48.